The summed E-state index contributed by atoms with van der Waals surface area (Å²) in [5, 5.41) is 8.89. The van der Waals surface area contributed by atoms with Crippen molar-refractivity contribution >= 4 is 5.97 Å². The summed E-state index contributed by atoms with van der Waals surface area (Å²) >= 11 is 0. The lowest BCUT2D eigenvalue weighted by atomic mass is 10.0. The van der Waals surface area contributed by atoms with Gasteiger partial charge in [-0.05, 0) is 6.42 Å². The summed E-state index contributed by atoms with van der Waals surface area (Å²) in [7, 11) is 0. The molecule has 0 bridgehead atoms. The van der Waals surface area contributed by atoms with E-state index in [0.29, 0.717) is 19.6 Å². The van der Waals surface area contributed by atoms with Crippen LogP contribution in [0.2, 0.25) is 0 Å². The van der Waals surface area contributed by atoms with Gasteiger partial charge in [-0.2, -0.15) is 0 Å². The number of carbonyl (C=O) groups is 1. The van der Waals surface area contributed by atoms with Crippen LogP contribution in [0.1, 0.15) is 19.8 Å². The summed E-state index contributed by atoms with van der Waals surface area (Å²) in [5.74, 6) is -0.909. The minimum Gasteiger partial charge on any atom is -0.479 e. The predicted molar refractivity (Wildman–Crippen MR) is 42.0 cm³/mol. The van der Waals surface area contributed by atoms with Gasteiger partial charge in [0.15, 0.2) is 5.60 Å². The number of aliphatic carboxylic acids is 1. The van der Waals surface area contributed by atoms with Gasteiger partial charge >= 0.3 is 5.97 Å². The first-order chi connectivity index (χ1) is 5.71. The average Bonchev–Trinajstić information content (AvgIpc) is 2.50. The molecule has 0 aromatic rings. The van der Waals surface area contributed by atoms with Crippen molar-refractivity contribution < 1.29 is 19.4 Å². The Hall–Kier alpha value is -0.610. The molecule has 1 unspecified atom stereocenters. The molecule has 0 amide bonds. The molecule has 0 aliphatic carbocycles. The fourth-order valence-corrected chi connectivity index (χ4v) is 1.19. The van der Waals surface area contributed by atoms with Crippen LogP contribution in [-0.4, -0.2) is 36.5 Å². The molecular weight excluding hydrogens is 160 g/mol. The second-order valence-corrected chi connectivity index (χ2v) is 2.95. The van der Waals surface area contributed by atoms with Crippen LogP contribution in [0.5, 0.6) is 0 Å². The summed E-state index contributed by atoms with van der Waals surface area (Å²) in [6, 6.07) is 0. The molecule has 0 aromatic carbocycles. The van der Waals surface area contributed by atoms with Gasteiger partial charge in [0.25, 0.3) is 0 Å². The van der Waals surface area contributed by atoms with Crippen LogP contribution in [0.4, 0.5) is 0 Å². The third-order valence-corrected chi connectivity index (χ3v) is 1.96. The van der Waals surface area contributed by atoms with E-state index < -0.39 is 11.6 Å². The minimum atomic E-state index is -1.06. The monoisotopic (exact) mass is 174 g/mol. The number of hydrogen-bond donors (Lipinski definition) is 1. The molecule has 0 aromatic heterocycles. The summed E-state index contributed by atoms with van der Waals surface area (Å²) < 4.78 is 10.3. The summed E-state index contributed by atoms with van der Waals surface area (Å²) in [6.07, 6.45) is 1.29. The smallest absolute Gasteiger partial charge is 0.338 e. The number of rotatable bonds is 4. The highest BCUT2D eigenvalue weighted by Crippen LogP contribution is 2.23. The fourth-order valence-electron chi connectivity index (χ4n) is 1.19. The summed E-state index contributed by atoms with van der Waals surface area (Å²) in [6.45, 7) is 3.10. The zero-order valence-corrected chi connectivity index (χ0v) is 7.21. The largest absolute Gasteiger partial charge is 0.479 e. The molecule has 1 fully saturated rings. The normalized spacial score (nSPS) is 29.1. The molecule has 4 heteroatoms. The van der Waals surface area contributed by atoms with Crippen LogP contribution in [-0.2, 0) is 14.3 Å². The second kappa shape index (κ2) is 3.87. The number of carboxylic acid groups (broad SMARTS) is 1. The van der Waals surface area contributed by atoms with E-state index in [0.717, 1.165) is 6.42 Å². The molecule has 0 radical (unpaired) electrons. The van der Waals surface area contributed by atoms with Gasteiger partial charge in [0.2, 0.25) is 0 Å². The molecule has 4 nitrogen and oxygen atoms in total. The Bertz CT molecular complexity index is 160. The Kier molecular flexibility index (Phi) is 3.05. The highest BCUT2D eigenvalue weighted by atomic mass is 16.6. The Labute approximate surface area is 71.5 Å². The van der Waals surface area contributed by atoms with Crippen LogP contribution in [0.15, 0.2) is 0 Å². The maximum absolute atomic E-state index is 10.8. The van der Waals surface area contributed by atoms with Gasteiger partial charge in [0.05, 0.1) is 13.2 Å². The Balaban J connectivity index is 2.53. The van der Waals surface area contributed by atoms with Crippen molar-refractivity contribution in [3.05, 3.63) is 0 Å². The highest BCUT2D eigenvalue weighted by Gasteiger charge is 2.43. The third-order valence-electron chi connectivity index (χ3n) is 1.96. The Morgan fingerprint density at radius 2 is 2.50 bits per heavy atom. The van der Waals surface area contributed by atoms with E-state index >= 15 is 0 Å². The third kappa shape index (κ3) is 1.76. The van der Waals surface area contributed by atoms with E-state index in [1.54, 1.807) is 0 Å². The first kappa shape index (κ1) is 9.48. The SMILES string of the molecule is CCCOC1(C(=O)O)CCOC1. The summed E-state index contributed by atoms with van der Waals surface area (Å²) in [5.41, 5.74) is -1.06. The van der Waals surface area contributed by atoms with Crippen LogP contribution < -0.4 is 0 Å². The van der Waals surface area contributed by atoms with Crippen LogP contribution in [0.3, 0.4) is 0 Å². The Morgan fingerprint density at radius 1 is 1.75 bits per heavy atom. The first-order valence-electron chi connectivity index (χ1n) is 4.16. The lowest BCUT2D eigenvalue weighted by molar-refractivity contribution is -0.165. The summed E-state index contributed by atoms with van der Waals surface area (Å²) in [4.78, 5) is 10.8. The molecule has 12 heavy (non-hydrogen) atoms. The van der Waals surface area contributed by atoms with Gasteiger partial charge in [0, 0.05) is 13.0 Å². The molecule has 1 aliphatic heterocycles. The number of ether oxygens (including phenoxy) is 2. The van der Waals surface area contributed by atoms with Gasteiger partial charge in [0.1, 0.15) is 0 Å². The number of hydrogen-bond acceptors (Lipinski definition) is 3. The van der Waals surface area contributed by atoms with E-state index in [1.165, 1.54) is 0 Å². The van der Waals surface area contributed by atoms with Gasteiger partial charge in [-0.25, -0.2) is 4.79 Å². The van der Waals surface area contributed by atoms with Crippen molar-refractivity contribution in [2.45, 2.75) is 25.4 Å². The molecule has 1 N–H and O–H groups in total. The number of carboxylic acids is 1. The van der Waals surface area contributed by atoms with Crippen molar-refractivity contribution in [3.63, 3.8) is 0 Å². The molecule has 0 spiro atoms. The van der Waals surface area contributed by atoms with Crippen molar-refractivity contribution in [3.8, 4) is 0 Å². The van der Waals surface area contributed by atoms with Crippen LogP contribution in [0, 0.1) is 0 Å². The van der Waals surface area contributed by atoms with E-state index in [1.807, 2.05) is 6.92 Å². The molecule has 1 heterocycles. The molecule has 1 rings (SSSR count). The molecule has 1 atom stereocenters. The van der Waals surface area contributed by atoms with E-state index in [4.69, 9.17) is 14.6 Å². The second-order valence-electron chi connectivity index (χ2n) is 2.95. The maximum atomic E-state index is 10.8. The quantitative estimate of drug-likeness (QED) is 0.680. The van der Waals surface area contributed by atoms with Crippen LogP contribution >= 0.6 is 0 Å². The van der Waals surface area contributed by atoms with Gasteiger partial charge in [-0.3, -0.25) is 0 Å². The molecule has 1 aliphatic rings. The zero-order valence-electron chi connectivity index (χ0n) is 7.21. The van der Waals surface area contributed by atoms with Crippen molar-refractivity contribution in [2.24, 2.45) is 0 Å². The molecule has 1 saturated heterocycles. The lowest BCUT2D eigenvalue weighted by Crippen LogP contribution is -2.42. The minimum absolute atomic E-state index is 0.183. The van der Waals surface area contributed by atoms with E-state index in [9.17, 15) is 4.79 Å². The predicted octanol–water partition coefficient (Wildman–Crippen LogP) is 0.657. The zero-order chi connectivity index (χ0) is 9.03. The standard InChI is InChI=1S/C8H14O4/c1-2-4-12-8(7(9)10)3-5-11-6-8/h2-6H2,1H3,(H,9,10). The lowest BCUT2D eigenvalue weighted by Gasteiger charge is -2.22. The molecule has 0 saturated carbocycles. The topological polar surface area (TPSA) is 55.8 Å². The van der Waals surface area contributed by atoms with Gasteiger partial charge < -0.3 is 14.6 Å². The van der Waals surface area contributed by atoms with Crippen molar-refractivity contribution in [1.29, 1.82) is 0 Å². The Morgan fingerprint density at radius 3 is 2.92 bits per heavy atom. The fraction of sp³-hybridized carbons (Fsp3) is 0.875. The van der Waals surface area contributed by atoms with Crippen molar-refractivity contribution in [2.75, 3.05) is 19.8 Å². The van der Waals surface area contributed by atoms with Crippen molar-refractivity contribution in [1.82, 2.24) is 0 Å². The van der Waals surface area contributed by atoms with E-state index in [-0.39, 0.29) is 6.61 Å². The highest BCUT2D eigenvalue weighted by molar-refractivity contribution is 5.78. The molecule has 70 valence electrons. The van der Waals surface area contributed by atoms with Gasteiger partial charge in [-0.15, -0.1) is 0 Å². The van der Waals surface area contributed by atoms with Gasteiger partial charge in [-0.1, -0.05) is 6.92 Å². The molecular formula is C8H14O4. The average molecular weight is 174 g/mol. The maximum Gasteiger partial charge on any atom is 0.338 e. The van der Waals surface area contributed by atoms with Crippen LogP contribution in [0.25, 0.3) is 0 Å². The first-order valence-corrected chi connectivity index (χ1v) is 4.16. The van der Waals surface area contributed by atoms with E-state index in [2.05, 4.69) is 0 Å².